The molecule has 0 fully saturated rings. The number of alkyl halides is 1. The van der Waals surface area contributed by atoms with Crippen LogP contribution in [0.2, 0.25) is 0 Å². The predicted molar refractivity (Wildman–Crippen MR) is 65.1 cm³/mol. The fourth-order valence-corrected chi connectivity index (χ4v) is 1.22. The second-order valence-electron chi connectivity index (χ2n) is 3.30. The van der Waals surface area contributed by atoms with Crippen LogP contribution in [0.3, 0.4) is 0 Å². The number of carbonyl (C=O) groups excluding carboxylic acids is 2. The number of hydrogen-bond donors (Lipinski definition) is 3. The maximum absolute atomic E-state index is 11.4. The number of phenols is 1. The van der Waals surface area contributed by atoms with Gasteiger partial charge in [-0.25, -0.2) is 0 Å². The fourth-order valence-electron chi connectivity index (χ4n) is 1.08. The van der Waals surface area contributed by atoms with Gasteiger partial charge in [-0.2, -0.15) is 0 Å². The van der Waals surface area contributed by atoms with Crippen LogP contribution in [-0.2, 0) is 9.59 Å². The lowest BCUT2D eigenvalue weighted by Gasteiger charge is -2.05. The summed E-state index contributed by atoms with van der Waals surface area (Å²) in [7, 11) is 0. The number of aromatic hydroxyl groups is 1. The number of phenolic OH excluding ortho intramolecular Hbond substituents is 1. The van der Waals surface area contributed by atoms with Crippen LogP contribution in [0.1, 0.15) is 6.42 Å². The molecule has 0 bridgehead atoms. The third-order valence-electron chi connectivity index (χ3n) is 1.93. The van der Waals surface area contributed by atoms with Gasteiger partial charge in [0.15, 0.2) is 0 Å². The molecule has 92 valence electrons. The molecule has 1 aromatic carbocycles. The van der Waals surface area contributed by atoms with Crippen LogP contribution >= 0.6 is 11.6 Å². The van der Waals surface area contributed by atoms with Crippen molar-refractivity contribution in [2.45, 2.75) is 6.42 Å². The van der Waals surface area contributed by atoms with Crippen molar-refractivity contribution in [2.75, 3.05) is 17.7 Å². The molecule has 2 amide bonds. The van der Waals surface area contributed by atoms with Crippen LogP contribution in [0, 0.1) is 0 Å². The standard InChI is InChI=1S/C11H13ClN2O3/c12-6-1-7-13-10(16)11(17)14-8-2-4-9(15)5-3-8/h2-5,15H,1,6-7H2,(H,13,16)(H,14,17). The van der Waals surface area contributed by atoms with Gasteiger partial charge < -0.3 is 15.7 Å². The molecule has 0 atom stereocenters. The molecule has 6 heteroatoms. The van der Waals surface area contributed by atoms with E-state index in [1.807, 2.05) is 0 Å². The summed E-state index contributed by atoms with van der Waals surface area (Å²) >= 11 is 5.43. The zero-order valence-electron chi connectivity index (χ0n) is 9.07. The third kappa shape index (κ3) is 4.74. The van der Waals surface area contributed by atoms with E-state index >= 15 is 0 Å². The summed E-state index contributed by atoms with van der Waals surface area (Å²) in [5.41, 5.74) is 0.445. The first-order valence-corrected chi connectivity index (χ1v) is 5.61. The summed E-state index contributed by atoms with van der Waals surface area (Å²) < 4.78 is 0. The first-order chi connectivity index (χ1) is 8.13. The number of hydrogen-bond acceptors (Lipinski definition) is 3. The van der Waals surface area contributed by atoms with Crippen molar-refractivity contribution in [3.8, 4) is 5.75 Å². The van der Waals surface area contributed by atoms with Gasteiger partial charge in [0.2, 0.25) is 0 Å². The largest absolute Gasteiger partial charge is 0.508 e. The molecule has 1 rings (SSSR count). The predicted octanol–water partition coefficient (Wildman–Crippen LogP) is 1.08. The van der Waals surface area contributed by atoms with Crippen molar-refractivity contribution in [2.24, 2.45) is 0 Å². The highest BCUT2D eigenvalue weighted by atomic mass is 35.5. The Kier molecular flexibility index (Phi) is 5.29. The molecule has 0 saturated carbocycles. The SMILES string of the molecule is O=C(NCCCCl)C(=O)Nc1ccc(O)cc1. The van der Waals surface area contributed by atoms with Crippen molar-refractivity contribution in [3.05, 3.63) is 24.3 Å². The molecule has 0 saturated heterocycles. The minimum atomic E-state index is -0.745. The fraction of sp³-hybridized carbons (Fsp3) is 0.273. The molecule has 17 heavy (non-hydrogen) atoms. The summed E-state index contributed by atoms with van der Waals surface area (Å²) in [6.45, 7) is 0.366. The molecule has 0 aliphatic rings. The van der Waals surface area contributed by atoms with Gasteiger partial charge in [0, 0.05) is 18.1 Å². The molecule has 0 aliphatic heterocycles. The zero-order chi connectivity index (χ0) is 12.7. The number of halogens is 1. The lowest BCUT2D eigenvalue weighted by Crippen LogP contribution is -2.35. The van der Waals surface area contributed by atoms with Gasteiger partial charge in [-0.15, -0.1) is 11.6 Å². The molecular weight excluding hydrogens is 244 g/mol. The Morgan fingerprint density at radius 3 is 2.41 bits per heavy atom. The minimum absolute atomic E-state index is 0.0922. The van der Waals surface area contributed by atoms with Crippen LogP contribution in [-0.4, -0.2) is 29.3 Å². The third-order valence-corrected chi connectivity index (χ3v) is 2.19. The Labute approximate surface area is 104 Å². The molecule has 0 unspecified atom stereocenters. The van der Waals surface area contributed by atoms with Gasteiger partial charge in [-0.3, -0.25) is 9.59 Å². The minimum Gasteiger partial charge on any atom is -0.508 e. The summed E-state index contributed by atoms with van der Waals surface area (Å²) in [5, 5.41) is 13.9. The van der Waals surface area contributed by atoms with E-state index in [4.69, 9.17) is 16.7 Å². The average molecular weight is 257 g/mol. The number of carbonyl (C=O) groups is 2. The quantitative estimate of drug-likeness (QED) is 0.326. The molecule has 0 heterocycles. The monoisotopic (exact) mass is 256 g/mol. The molecule has 0 radical (unpaired) electrons. The van der Waals surface area contributed by atoms with Crippen molar-refractivity contribution in [3.63, 3.8) is 0 Å². The van der Waals surface area contributed by atoms with E-state index in [1.54, 1.807) is 0 Å². The lowest BCUT2D eigenvalue weighted by atomic mass is 10.3. The van der Waals surface area contributed by atoms with E-state index in [9.17, 15) is 9.59 Å². The van der Waals surface area contributed by atoms with Crippen LogP contribution < -0.4 is 10.6 Å². The Morgan fingerprint density at radius 2 is 1.82 bits per heavy atom. The molecule has 0 aromatic heterocycles. The van der Waals surface area contributed by atoms with E-state index in [1.165, 1.54) is 24.3 Å². The van der Waals surface area contributed by atoms with E-state index in [-0.39, 0.29) is 5.75 Å². The van der Waals surface area contributed by atoms with Gasteiger partial charge in [0.25, 0.3) is 0 Å². The number of anilines is 1. The second-order valence-corrected chi connectivity index (χ2v) is 3.68. The molecule has 1 aromatic rings. The van der Waals surface area contributed by atoms with Crippen LogP contribution in [0.5, 0.6) is 5.75 Å². The van der Waals surface area contributed by atoms with E-state index in [2.05, 4.69) is 10.6 Å². The Bertz CT molecular complexity index is 392. The normalized spacial score (nSPS) is 9.71. The summed E-state index contributed by atoms with van der Waals surface area (Å²) in [4.78, 5) is 22.6. The van der Waals surface area contributed by atoms with E-state index < -0.39 is 11.8 Å². The molecule has 5 nitrogen and oxygen atoms in total. The zero-order valence-corrected chi connectivity index (χ0v) is 9.83. The highest BCUT2D eigenvalue weighted by Gasteiger charge is 2.12. The summed E-state index contributed by atoms with van der Waals surface area (Å²) in [5.74, 6) is -0.928. The van der Waals surface area contributed by atoms with Gasteiger partial charge in [0.1, 0.15) is 5.75 Å². The highest BCUT2D eigenvalue weighted by Crippen LogP contribution is 2.13. The molecule has 3 N–H and O–H groups in total. The topological polar surface area (TPSA) is 78.4 Å². The number of benzene rings is 1. The molecular formula is C11H13ClN2O3. The maximum Gasteiger partial charge on any atom is 0.313 e. The maximum atomic E-state index is 11.4. The Hall–Kier alpha value is -1.75. The van der Waals surface area contributed by atoms with Crippen LogP contribution in [0.4, 0.5) is 5.69 Å². The van der Waals surface area contributed by atoms with Gasteiger partial charge in [-0.1, -0.05) is 0 Å². The van der Waals surface area contributed by atoms with Crippen molar-refractivity contribution >= 4 is 29.1 Å². The van der Waals surface area contributed by atoms with E-state index in [0.717, 1.165) is 0 Å². The Balaban J connectivity index is 2.43. The van der Waals surface area contributed by atoms with Gasteiger partial charge >= 0.3 is 11.8 Å². The second kappa shape index (κ2) is 6.75. The van der Waals surface area contributed by atoms with Gasteiger partial charge in [-0.05, 0) is 30.7 Å². The van der Waals surface area contributed by atoms with Crippen molar-refractivity contribution < 1.29 is 14.7 Å². The summed E-state index contributed by atoms with van der Waals surface area (Å²) in [6.07, 6.45) is 0.611. The van der Waals surface area contributed by atoms with Crippen molar-refractivity contribution in [1.29, 1.82) is 0 Å². The number of rotatable bonds is 4. The summed E-state index contributed by atoms with van der Waals surface area (Å²) in [6, 6.07) is 5.83. The van der Waals surface area contributed by atoms with Gasteiger partial charge in [0.05, 0.1) is 0 Å². The van der Waals surface area contributed by atoms with Crippen LogP contribution in [0.15, 0.2) is 24.3 Å². The number of nitrogens with one attached hydrogen (secondary N) is 2. The number of amides is 2. The Morgan fingerprint density at radius 1 is 1.18 bits per heavy atom. The smallest absolute Gasteiger partial charge is 0.313 e. The van der Waals surface area contributed by atoms with Crippen molar-refractivity contribution in [1.82, 2.24) is 5.32 Å². The van der Waals surface area contributed by atoms with Crippen LogP contribution in [0.25, 0.3) is 0 Å². The average Bonchev–Trinajstić information content (AvgIpc) is 2.32. The molecule has 0 aliphatic carbocycles. The molecule has 0 spiro atoms. The highest BCUT2D eigenvalue weighted by molar-refractivity contribution is 6.39. The first-order valence-electron chi connectivity index (χ1n) is 5.07. The lowest BCUT2D eigenvalue weighted by molar-refractivity contribution is -0.136. The first kappa shape index (κ1) is 13.3. The van der Waals surface area contributed by atoms with E-state index in [0.29, 0.717) is 24.5 Å².